The van der Waals surface area contributed by atoms with E-state index in [0.29, 0.717) is 5.82 Å². The number of aromatic nitrogens is 4. The molecule has 3 heterocycles. The summed E-state index contributed by atoms with van der Waals surface area (Å²) in [5, 5.41) is 16.3. The Morgan fingerprint density at radius 1 is 1.06 bits per heavy atom. The maximum Gasteiger partial charge on any atom is 0.189 e. The molecule has 0 atom stereocenters. The highest BCUT2D eigenvalue weighted by atomic mass is 32.1. The van der Waals surface area contributed by atoms with Crippen molar-refractivity contribution < 1.29 is 4.74 Å². The predicted molar refractivity (Wildman–Crippen MR) is 128 cm³/mol. The summed E-state index contributed by atoms with van der Waals surface area (Å²) in [6.45, 7) is 12.9. The van der Waals surface area contributed by atoms with Gasteiger partial charge in [-0.2, -0.15) is 9.61 Å². The number of methoxy groups -OCH3 is 1. The van der Waals surface area contributed by atoms with Crippen molar-refractivity contribution in [2.24, 2.45) is 0 Å². The molecule has 0 saturated carbocycles. The van der Waals surface area contributed by atoms with Crippen LogP contribution in [0.15, 0.2) is 36.4 Å². The summed E-state index contributed by atoms with van der Waals surface area (Å²) in [6.07, 6.45) is 2.20. The first-order valence-electron chi connectivity index (χ1n) is 10.6. The van der Waals surface area contributed by atoms with E-state index in [-0.39, 0.29) is 5.41 Å². The van der Waals surface area contributed by atoms with Gasteiger partial charge >= 0.3 is 0 Å². The molecular weight excluding hydrogens is 406 g/mol. The smallest absolute Gasteiger partial charge is 0.189 e. The van der Waals surface area contributed by atoms with Gasteiger partial charge in [0.15, 0.2) is 11.5 Å². The fourth-order valence-electron chi connectivity index (χ4n) is 3.75. The second-order valence-electron chi connectivity index (χ2n) is 8.46. The second-order valence-corrected chi connectivity index (χ2v) is 9.56. The third-order valence-electron chi connectivity index (χ3n) is 5.37. The fraction of sp³-hybridized carbons (Fsp3) is 0.375. The van der Waals surface area contributed by atoms with Crippen molar-refractivity contribution in [3.05, 3.63) is 52.2 Å². The Kier molecular flexibility index (Phi) is 5.71. The molecule has 0 aliphatic carbocycles. The van der Waals surface area contributed by atoms with Gasteiger partial charge in [0.2, 0.25) is 0 Å². The number of benzene rings is 1. The van der Waals surface area contributed by atoms with Crippen molar-refractivity contribution in [1.82, 2.24) is 19.8 Å². The van der Waals surface area contributed by atoms with Crippen LogP contribution < -0.4 is 14.9 Å². The third-order valence-corrected chi connectivity index (χ3v) is 6.46. The molecule has 0 spiro atoms. The molecule has 31 heavy (non-hydrogen) atoms. The molecule has 7 heteroatoms. The van der Waals surface area contributed by atoms with E-state index in [1.165, 1.54) is 9.88 Å². The van der Waals surface area contributed by atoms with E-state index < -0.39 is 0 Å². The molecule has 1 aromatic carbocycles. The number of thiophene rings is 1. The van der Waals surface area contributed by atoms with Crippen LogP contribution in [-0.4, -0.2) is 40.0 Å². The molecule has 0 amide bonds. The molecule has 4 aromatic rings. The zero-order chi connectivity index (χ0) is 22.2. The lowest BCUT2D eigenvalue weighted by molar-refractivity contribution is 0.416. The van der Waals surface area contributed by atoms with Crippen molar-refractivity contribution in [1.29, 1.82) is 0 Å². The number of hydrogen-bond acceptors (Lipinski definition) is 6. The Hall–Kier alpha value is -2.93. The molecule has 162 valence electrons. The monoisotopic (exact) mass is 435 g/mol. The zero-order valence-corrected chi connectivity index (χ0v) is 19.8. The van der Waals surface area contributed by atoms with Crippen LogP contribution in [0.3, 0.4) is 0 Å². The molecule has 0 bridgehead atoms. The minimum atomic E-state index is -0.135. The summed E-state index contributed by atoms with van der Waals surface area (Å²) < 4.78 is 7.40. The Balaban J connectivity index is 1.91. The van der Waals surface area contributed by atoms with Gasteiger partial charge in [0.05, 0.1) is 23.4 Å². The lowest BCUT2D eigenvalue weighted by Crippen LogP contribution is -2.22. The molecule has 3 aromatic heterocycles. The molecule has 0 unspecified atom stereocenters. The first-order valence-corrected chi connectivity index (χ1v) is 11.4. The van der Waals surface area contributed by atoms with Gasteiger partial charge in [0, 0.05) is 28.6 Å². The van der Waals surface area contributed by atoms with E-state index in [1.807, 2.05) is 28.8 Å². The maximum atomic E-state index is 5.54. The Morgan fingerprint density at radius 2 is 1.81 bits per heavy atom. The van der Waals surface area contributed by atoms with Crippen LogP contribution in [0, 0.1) is 0 Å². The van der Waals surface area contributed by atoms with Crippen LogP contribution >= 0.6 is 11.3 Å². The van der Waals surface area contributed by atoms with Crippen LogP contribution in [-0.2, 0) is 5.41 Å². The summed E-state index contributed by atoms with van der Waals surface area (Å²) in [5.74, 6) is 1.44. The van der Waals surface area contributed by atoms with Gasteiger partial charge < -0.3 is 9.64 Å². The summed E-state index contributed by atoms with van der Waals surface area (Å²) in [5.41, 5.74) is 2.51. The van der Waals surface area contributed by atoms with Crippen LogP contribution in [0.2, 0.25) is 0 Å². The first-order chi connectivity index (χ1) is 14.9. The Bertz CT molecular complexity index is 1250. The first kappa shape index (κ1) is 21.3. The Morgan fingerprint density at radius 3 is 2.48 bits per heavy atom. The van der Waals surface area contributed by atoms with Gasteiger partial charge in [-0.15, -0.1) is 21.5 Å². The van der Waals surface area contributed by atoms with Crippen molar-refractivity contribution in [3.63, 3.8) is 0 Å². The number of nitrogens with zero attached hydrogens (tertiary/aromatic N) is 5. The van der Waals surface area contributed by atoms with Gasteiger partial charge in [-0.05, 0) is 44.2 Å². The van der Waals surface area contributed by atoms with Crippen molar-refractivity contribution >= 4 is 28.1 Å². The number of rotatable bonds is 6. The largest absolute Gasteiger partial charge is 0.496 e. The van der Waals surface area contributed by atoms with Crippen LogP contribution in [0.1, 0.15) is 45.2 Å². The van der Waals surface area contributed by atoms with Crippen LogP contribution in [0.4, 0.5) is 5.00 Å². The summed E-state index contributed by atoms with van der Waals surface area (Å²) in [7, 11) is 1.67. The average molecular weight is 436 g/mol. The van der Waals surface area contributed by atoms with Gasteiger partial charge in [-0.3, -0.25) is 0 Å². The minimum Gasteiger partial charge on any atom is -0.496 e. The molecule has 0 fully saturated rings. The van der Waals surface area contributed by atoms with Crippen LogP contribution in [0.5, 0.6) is 5.75 Å². The highest BCUT2D eigenvalue weighted by molar-refractivity contribution is 7.16. The van der Waals surface area contributed by atoms with E-state index in [0.717, 1.165) is 41.0 Å². The lowest BCUT2D eigenvalue weighted by Gasteiger charge is -2.17. The van der Waals surface area contributed by atoms with Crippen molar-refractivity contribution in [2.75, 3.05) is 25.1 Å². The zero-order valence-electron chi connectivity index (χ0n) is 19.0. The lowest BCUT2D eigenvalue weighted by atomic mass is 9.91. The fourth-order valence-corrected chi connectivity index (χ4v) is 4.83. The topological polar surface area (TPSA) is 55.6 Å². The minimum absolute atomic E-state index is 0.135. The molecule has 4 rings (SSSR count). The predicted octanol–water partition coefficient (Wildman–Crippen LogP) is 4.55. The maximum absolute atomic E-state index is 5.54. The quantitative estimate of drug-likeness (QED) is 0.445. The van der Waals surface area contributed by atoms with E-state index in [4.69, 9.17) is 9.84 Å². The molecule has 0 N–H and O–H groups in total. The van der Waals surface area contributed by atoms with Gasteiger partial charge in [0.1, 0.15) is 5.75 Å². The van der Waals surface area contributed by atoms with E-state index in [9.17, 15) is 0 Å². The summed E-state index contributed by atoms with van der Waals surface area (Å²) in [4.78, 5) is 3.55. The molecule has 0 radical (unpaired) electrons. The molecule has 0 aliphatic rings. The molecule has 0 aliphatic heterocycles. The highest BCUT2D eigenvalue weighted by Crippen LogP contribution is 2.30. The van der Waals surface area contributed by atoms with E-state index in [1.54, 1.807) is 18.4 Å². The number of para-hydroxylation sites is 1. The van der Waals surface area contributed by atoms with E-state index in [2.05, 4.69) is 67.9 Å². The van der Waals surface area contributed by atoms with Crippen molar-refractivity contribution in [3.8, 4) is 17.1 Å². The van der Waals surface area contributed by atoms with Crippen LogP contribution in [0.25, 0.3) is 23.1 Å². The van der Waals surface area contributed by atoms with Crippen molar-refractivity contribution in [2.45, 2.75) is 40.0 Å². The number of ether oxygens (including phenoxy) is 1. The number of anilines is 1. The van der Waals surface area contributed by atoms with E-state index >= 15 is 0 Å². The van der Waals surface area contributed by atoms with Gasteiger partial charge in [-0.25, -0.2) is 0 Å². The molecular formula is C24H29N5OS. The number of fused-ring (bicyclic) bond motifs is 1. The standard InChI is InChI=1S/C24H29N5OS/c1-7-28(8-2)20-14-13-16(31-20)15-18-21(24(3,4)5)27-29-22(25-26-23(18)29)17-11-9-10-12-19(17)30-6/h9-15H,7-8H2,1-6H3. The SMILES string of the molecule is CCN(CC)c1ccc(C=c2c(C(C)(C)C)nn3c(-c4ccccc4OC)nnc23)s1. The number of hydrogen-bond donors (Lipinski definition) is 0. The Labute approximate surface area is 187 Å². The van der Waals surface area contributed by atoms with Gasteiger partial charge in [-0.1, -0.05) is 32.9 Å². The summed E-state index contributed by atoms with van der Waals surface area (Å²) >= 11 is 1.79. The summed E-state index contributed by atoms with van der Waals surface area (Å²) in [6, 6.07) is 12.2. The average Bonchev–Trinajstić information content (AvgIpc) is 3.45. The highest BCUT2D eigenvalue weighted by Gasteiger charge is 2.25. The molecule has 0 saturated heterocycles. The van der Waals surface area contributed by atoms with Gasteiger partial charge in [0.25, 0.3) is 0 Å². The third kappa shape index (κ3) is 3.90. The second kappa shape index (κ2) is 8.30. The molecule has 6 nitrogen and oxygen atoms in total. The normalized spacial score (nSPS) is 12.6.